The van der Waals surface area contributed by atoms with E-state index < -0.39 is 0 Å². The molecule has 0 aliphatic heterocycles. The van der Waals surface area contributed by atoms with Crippen molar-refractivity contribution in [3.63, 3.8) is 0 Å². The normalized spacial score (nSPS) is 10.6. The molecule has 0 aliphatic carbocycles. The summed E-state index contributed by atoms with van der Waals surface area (Å²) < 4.78 is 0. The minimum atomic E-state index is 0.791. The molecule has 0 aliphatic rings. The third-order valence-corrected chi connectivity index (χ3v) is 3.39. The van der Waals surface area contributed by atoms with Gasteiger partial charge in [0.25, 0.3) is 0 Å². The zero-order valence-corrected chi connectivity index (χ0v) is 11.0. The highest BCUT2D eigenvalue weighted by Gasteiger charge is 2.07. The number of aryl methyl sites for hydroxylation is 1. The summed E-state index contributed by atoms with van der Waals surface area (Å²) in [6.07, 6.45) is 2.27. The molecule has 2 N–H and O–H groups in total. The highest BCUT2D eigenvalue weighted by atomic mass is 15.1. The van der Waals surface area contributed by atoms with Crippen LogP contribution in [0, 0.1) is 20.8 Å². The summed E-state index contributed by atoms with van der Waals surface area (Å²) in [6.45, 7) is 8.44. The van der Waals surface area contributed by atoms with Gasteiger partial charge in [0, 0.05) is 19.3 Å². The van der Waals surface area contributed by atoms with Crippen molar-refractivity contribution in [2.45, 2.75) is 33.6 Å². The lowest BCUT2D eigenvalue weighted by Gasteiger charge is -2.23. The third-order valence-electron chi connectivity index (χ3n) is 3.39. The molecule has 0 bridgehead atoms. The standard InChI is InChI=1S/C14H24N2/c1-11-7-8-14(13(3)12(11)2)16(4)10-6-5-9-15/h7-8H,5-6,9-10,15H2,1-4H3. The van der Waals surface area contributed by atoms with Crippen molar-refractivity contribution in [2.75, 3.05) is 25.0 Å². The average Bonchev–Trinajstić information content (AvgIpc) is 2.26. The van der Waals surface area contributed by atoms with Crippen LogP contribution in [-0.2, 0) is 0 Å². The molecule has 0 spiro atoms. The SMILES string of the molecule is Cc1ccc(N(C)CCCCN)c(C)c1C. The molecular formula is C14H24N2. The maximum absolute atomic E-state index is 5.51. The molecular weight excluding hydrogens is 196 g/mol. The second-order valence-corrected chi connectivity index (χ2v) is 4.57. The highest BCUT2D eigenvalue weighted by molar-refractivity contribution is 5.57. The van der Waals surface area contributed by atoms with Gasteiger partial charge >= 0.3 is 0 Å². The van der Waals surface area contributed by atoms with E-state index in [0.717, 1.165) is 19.5 Å². The number of hydrogen-bond acceptors (Lipinski definition) is 2. The Bertz CT molecular complexity index is 345. The number of nitrogens with two attached hydrogens (primary N) is 1. The lowest BCUT2D eigenvalue weighted by Crippen LogP contribution is -2.20. The number of rotatable bonds is 5. The molecule has 90 valence electrons. The molecule has 1 rings (SSSR count). The summed E-state index contributed by atoms with van der Waals surface area (Å²) in [5, 5.41) is 0. The Balaban J connectivity index is 2.76. The second-order valence-electron chi connectivity index (χ2n) is 4.57. The number of unbranched alkanes of at least 4 members (excludes halogenated alkanes) is 1. The van der Waals surface area contributed by atoms with Crippen molar-refractivity contribution in [2.24, 2.45) is 5.73 Å². The molecule has 2 nitrogen and oxygen atoms in total. The molecule has 2 heteroatoms. The van der Waals surface area contributed by atoms with Gasteiger partial charge in [-0.15, -0.1) is 0 Å². The number of nitrogens with zero attached hydrogens (tertiary/aromatic N) is 1. The van der Waals surface area contributed by atoms with Crippen molar-refractivity contribution < 1.29 is 0 Å². The van der Waals surface area contributed by atoms with Gasteiger partial charge < -0.3 is 10.6 Å². The Kier molecular flexibility index (Phi) is 4.81. The minimum Gasteiger partial charge on any atom is -0.374 e. The lowest BCUT2D eigenvalue weighted by atomic mass is 10.0. The molecule has 0 unspecified atom stereocenters. The average molecular weight is 220 g/mol. The van der Waals surface area contributed by atoms with Crippen LogP contribution < -0.4 is 10.6 Å². The van der Waals surface area contributed by atoms with Crippen molar-refractivity contribution in [1.82, 2.24) is 0 Å². The molecule has 0 amide bonds. The van der Waals surface area contributed by atoms with Gasteiger partial charge in [0.05, 0.1) is 0 Å². The first-order valence-electron chi connectivity index (χ1n) is 6.06. The number of anilines is 1. The van der Waals surface area contributed by atoms with Gasteiger partial charge in [-0.1, -0.05) is 6.07 Å². The Morgan fingerprint density at radius 3 is 2.38 bits per heavy atom. The fourth-order valence-electron chi connectivity index (χ4n) is 1.97. The van der Waals surface area contributed by atoms with E-state index >= 15 is 0 Å². The van der Waals surface area contributed by atoms with Gasteiger partial charge in [0.15, 0.2) is 0 Å². The Hall–Kier alpha value is -1.02. The molecule has 0 saturated heterocycles. The third kappa shape index (κ3) is 2.99. The van der Waals surface area contributed by atoms with Gasteiger partial charge in [-0.2, -0.15) is 0 Å². The van der Waals surface area contributed by atoms with Crippen molar-refractivity contribution in [1.29, 1.82) is 0 Å². The topological polar surface area (TPSA) is 29.3 Å². The van der Waals surface area contributed by atoms with E-state index in [2.05, 4.69) is 44.9 Å². The zero-order valence-electron chi connectivity index (χ0n) is 11.0. The van der Waals surface area contributed by atoms with E-state index in [9.17, 15) is 0 Å². The summed E-state index contributed by atoms with van der Waals surface area (Å²) in [6, 6.07) is 4.43. The maximum atomic E-state index is 5.51. The van der Waals surface area contributed by atoms with Gasteiger partial charge in [-0.25, -0.2) is 0 Å². The summed E-state index contributed by atoms with van der Waals surface area (Å²) in [5.41, 5.74) is 11.0. The minimum absolute atomic E-state index is 0.791. The molecule has 1 aromatic carbocycles. The van der Waals surface area contributed by atoms with Crippen LogP contribution in [0.5, 0.6) is 0 Å². The Morgan fingerprint density at radius 1 is 1.06 bits per heavy atom. The monoisotopic (exact) mass is 220 g/mol. The van der Waals surface area contributed by atoms with E-state index in [1.807, 2.05) is 0 Å². The van der Waals surface area contributed by atoms with Crippen LogP contribution in [0.2, 0.25) is 0 Å². The fraction of sp³-hybridized carbons (Fsp3) is 0.571. The summed E-state index contributed by atoms with van der Waals surface area (Å²) in [4.78, 5) is 2.33. The van der Waals surface area contributed by atoms with Crippen LogP contribution in [0.1, 0.15) is 29.5 Å². The van der Waals surface area contributed by atoms with Crippen molar-refractivity contribution in [3.05, 3.63) is 28.8 Å². The van der Waals surface area contributed by atoms with Crippen LogP contribution >= 0.6 is 0 Å². The number of hydrogen-bond donors (Lipinski definition) is 1. The smallest absolute Gasteiger partial charge is 0.0396 e. The Labute approximate surface area is 99.5 Å². The van der Waals surface area contributed by atoms with Crippen LogP contribution in [0.3, 0.4) is 0 Å². The molecule has 0 radical (unpaired) electrons. The molecule has 0 aromatic heterocycles. The van der Waals surface area contributed by atoms with Gasteiger partial charge in [-0.05, 0) is 62.9 Å². The van der Waals surface area contributed by atoms with E-state index in [1.165, 1.54) is 28.8 Å². The van der Waals surface area contributed by atoms with Crippen molar-refractivity contribution in [3.8, 4) is 0 Å². The highest BCUT2D eigenvalue weighted by Crippen LogP contribution is 2.24. The first kappa shape index (κ1) is 13.0. The quantitative estimate of drug-likeness (QED) is 0.773. The molecule has 0 heterocycles. The Morgan fingerprint density at radius 2 is 1.75 bits per heavy atom. The zero-order chi connectivity index (χ0) is 12.1. The second kappa shape index (κ2) is 5.90. The predicted molar refractivity (Wildman–Crippen MR) is 72.2 cm³/mol. The molecule has 0 fully saturated rings. The van der Waals surface area contributed by atoms with E-state index in [-0.39, 0.29) is 0 Å². The summed E-state index contributed by atoms with van der Waals surface area (Å²) in [5.74, 6) is 0. The molecule has 1 aromatic rings. The predicted octanol–water partition coefficient (Wildman–Crippen LogP) is 2.79. The first-order valence-corrected chi connectivity index (χ1v) is 6.06. The van der Waals surface area contributed by atoms with Crippen molar-refractivity contribution >= 4 is 5.69 Å². The van der Waals surface area contributed by atoms with Gasteiger partial charge in [-0.3, -0.25) is 0 Å². The van der Waals surface area contributed by atoms with E-state index in [1.54, 1.807) is 0 Å². The van der Waals surface area contributed by atoms with E-state index in [0.29, 0.717) is 0 Å². The van der Waals surface area contributed by atoms with Crippen LogP contribution in [0.25, 0.3) is 0 Å². The summed E-state index contributed by atoms with van der Waals surface area (Å²) in [7, 11) is 2.16. The van der Waals surface area contributed by atoms with Crippen LogP contribution in [-0.4, -0.2) is 20.1 Å². The van der Waals surface area contributed by atoms with Crippen LogP contribution in [0.15, 0.2) is 12.1 Å². The van der Waals surface area contributed by atoms with Gasteiger partial charge in [0.1, 0.15) is 0 Å². The fourth-order valence-corrected chi connectivity index (χ4v) is 1.97. The molecule has 0 atom stereocenters. The lowest BCUT2D eigenvalue weighted by molar-refractivity contribution is 0.727. The number of benzene rings is 1. The summed E-state index contributed by atoms with van der Waals surface area (Å²) >= 11 is 0. The van der Waals surface area contributed by atoms with E-state index in [4.69, 9.17) is 5.73 Å². The van der Waals surface area contributed by atoms with Crippen LogP contribution in [0.4, 0.5) is 5.69 Å². The largest absolute Gasteiger partial charge is 0.374 e. The molecule has 16 heavy (non-hydrogen) atoms. The molecule has 0 saturated carbocycles. The van der Waals surface area contributed by atoms with Gasteiger partial charge in [0.2, 0.25) is 0 Å². The first-order chi connectivity index (χ1) is 7.57. The maximum Gasteiger partial charge on any atom is 0.0396 e.